The molecule has 1 aliphatic carbocycles. The molecule has 0 saturated heterocycles. The van der Waals surface area contributed by atoms with E-state index in [1.165, 1.54) is 12.1 Å². The van der Waals surface area contributed by atoms with E-state index in [0.717, 1.165) is 17.4 Å². The topological polar surface area (TPSA) is 46.9 Å². The van der Waals surface area contributed by atoms with E-state index in [4.69, 9.17) is 0 Å². The summed E-state index contributed by atoms with van der Waals surface area (Å²) in [5.41, 5.74) is 0.546. The minimum atomic E-state index is -4.58. The van der Waals surface area contributed by atoms with Crippen molar-refractivity contribution in [3.63, 3.8) is 0 Å². The fourth-order valence-corrected chi connectivity index (χ4v) is 2.10. The van der Waals surface area contributed by atoms with Gasteiger partial charge < -0.3 is 9.88 Å². The maximum atomic E-state index is 13.0. The van der Waals surface area contributed by atoms with E-state index in [1.54, 1.807) is 12.1 Å². The van der Waals surface area contributed by atoms with Crippen LogP contribution < -0.4 is 5.32 Å². The third-order valence-electron chi connectivity index (χ3n) is 3.15. The number of amides is 1. The lowest BCUT2D eigenvalue weighted by atomic mass is 10.3. The smallest absolute Gasteiger partial charge is 0.352 e. The van der Waals surface area contributed by atoms with Crippen molar-refractivity contribution in [2.75, 3.05) is 0 Å². The molecule has 2 aromatic rings. The molecule has 4 nitrogen and oxygen atoms in total. The average Bonchev–Trinajstić information content (AvgIpc) is 3.09. The average molecular weight is 283 g/mol. The van der Waals surface area contributed by atoms with Crippen LogP contribution in [0.5, 0.6) is 0 Å². The number of alkyl halides is 3. The van der Waals surface area contributed by atoms with Crippen LogP contribution in [0.1, 0.15) is 18.7 Å². The van der Waals surface area contributed by atoms with E-state index in [-0.39, 0.29) is 18.1 Å². The maximum Gasteiger partial charge on any atom is 0.449 e. The number of carbonyl (C=O) groups is 1. The van der Waals surface area contributed by atoms with Gasteiger partial charge in [0.15, 0.2) is 0 Å². The van der Waals surface area contributed by atoms with Gasteiger partial charge in [-0.2, -0.15) is 13.2 Å². The molecule has 7 heteroatoms. The van der Waals surface area contributed by atoms with Crippen molar-refractivity contribution in [2.24, 2.45) is 0 Å². The first-order valence-corrected chi connectivity index (χ1v) is 6.27. The van der Waals surface area contributed by atoms with Crippen LogP contribution >= 0.6 is 0 Å². The van der Waals surface area contributed by atoms with Gasteiger partial charge in [-0.05, 0) is 25.0 Å². The number of benzene rings is 1. The van der Waals surface area contributed by atoms with Gasteiger partial charge in [-0.15, -0.1) is 0 Å². The summed E-state index contributed by atoms with van der Waals surface area (Å²) < 4.78 is 39.9. The second-order valence-corrected chi connectivity index (χ2v) is 4.85. The number of carbonyl (C=O) groups excluding carboxylic acids is 1. The molecule has 3 rings (SSSR count). The van der Waals surface area contributed by atoms with Gasteiger partial charge in [0.2, 0.25) is 11.7 Å². The van der Waals surface area contributed by atoms with E-state index in [2.05, 4.69) is 10.3 Å². The summed E-state index contributed by atoms with van der Waals surface area (Å²) in [5, 5.41) is 2.68. The van der Waals surface area contributed by atoms with Gasteiger partial charge in [-0.1, -0.05) is 12.1 Å². The van der Waals surface area contributed by atoms with Crippen molar-refractivity contribution in [2.45, 2.75) is 31.6 Å². The molecule has 1 heterocycles. The molecule has 0 bridgehead atoms. The number of imidazole rings is 1. The number of aromatic nitrogens is 2. The van der Waals surface area contributed by atoms with E-state index in [9.17, 15) is 18.0 Å². The van der Waals surface area contributed by atoms with Crippen molar-refractivity contribution >= 4 is 16.9 Å². The van der Waals surface area contributed by atoms with Crippen molar-refractivity contribution in [3.05, 3.63) is 30.1 Å². The van der Waals surface area contributed by atoms with E-state index in [1.807, 2.05) is 0 Å². The Morgan fingerprint density at radius 3 is 2.70 bits per heavy atom. The Balaban J connectivity index is 1.99. The lowest BCUT2D eigenvalue weighted by Crippen LogP contribution is -2.30. The van der Waals surface area contributed by atoms with Crippen molar-refractivity contribution in [1.82, 2.24) is 14.9 Å². The van der Waals surface area contributed by atoms with E-state index < -0.39 is 17.9 Å². The number of hydrogen-bond acceptors (Lipinski definition) is 2. The van der Waals surface area contributed by atoms with Crippen LogP contribution in [0.3, 0.4) is 0 Å². The minimum absolute atomic E-state index is 0.117. The summed E-state index contributed by atoms with van der Waals surface area (Å²) in [4.78, 5) is 15.3. The number of rotatable bonds is 3. The predicted octanol–water partition coefficient (Wildman–Crippen LogP) is 2.33. The van der Waals surface area contributed by atoms with Gasteiger partial charge in [-0.3, -0.25) is 4.79 Å². The molecule has 1 aromatic heterocycles. The van der Waals surface area contributed by atoms with Crippen LogP contribution in [0.25, 0.3) is 11.0 Å². The summed E-state index contributed by atoms with van der Waals surface area (Å²) in [7, 11) is 0. The van der Waals surface area contributed by atoms with Gasteiger partial charge in [0.25, 0.3) is 0 Å². The Hall–Kier alpha value is -2.05. The largest absolute Gasteiger partial charge is 0.449 e. The second kappa shape index (κ2) is 4.50. The molecule has 0 aliphatic heterocycles. The predicted molar refractivity (Wildman–Crippen MR) is 65.9 cm³/mol. The monoisotopic (exact) mass is 283 g/mol. The molecule has 0 atom stereocenters. The Labute approximate surface area is 112 Å². The third kappa shape index (κ3) is 2.48. The maximum absolute atomic E-state index is 13.0. The lowest BCUT2D eigenvalue weighted by Gasteiger charge is -2.11. The highest BCUT2D eigenvalue weighted by molar-refractivity contribution is 5.81. The zero-order chi connectivity index (χ0) is 14.3. The molecular weight excluding hydrogens is 271 g/mol. The number of para-hydroxylation sites is 2. The molecule has 1 saturated carbocycles. The lowest BCUT2D eigenvalue weighted by molar-refractivity contribution is -0.147. The highest BCUT2D eigenvalue weighted by Gasteiger charge is 2.38. The van der Waals surface area contributed by atoms with E-state index in [0.29, 0.717) is 5.52 Å². The first-order chi connectivity index (χ1) is 9.45. The van der Waals surface area contributed by atoms with E-state index >= 15 is 0 Å². The molecule has 0 spiro atoms. The molecule has 1 aliphatic rings. The third-order valence-corrected chi connectivity index (χ3v) is 3.15. The van der Waals surface area contributed by atoms with Crippen LogP contribution in [0.4, 0.5) is 13.2 Å². The molecule has 0 unspecified atom stereocenters. The Morgan fingerprint density at radius 2 is 2.05 bits per heavy atom. The minimum Gasteiger partial charge on any atom is -0.352 e. The summed E-state index contributed by atoms with van der Waals surface area (Å²) in [6, 6.07) is 6.39. The van der Waals surface area contributed by atoms with Crippen molar-refractivity contribution in [3.8, 4) is 0 Å². The molecule has 20 heavy (non-hydrogen) atoms. The van der Waals surface area contributed by atoms with Crippen molar-refractivity contribution in [1.29, 1.82) is 0 Å². The summed E-state index contributed by atoms with van der Waals surface area (Å²) in [6.07, 6.45) is -2.80. The highest BCUT2D eigenvalue weighted by atomic mass is 19.4. The fraction of sp³-hybridized carbons (Fsp3) is 0.385. The van der Waals surface area contributed by atoms with Gasteiger partial charge in [0, 0.05) is 6.04 Å². The van der Waals surface area contributed by atoms with Gasteiger partial charge in [0.1, 0.15) is 6.54 Å². The van der Waals surface area contributed by atoms with Gasteiger partial charge >= 0.3 is 6.18 Å². The van der Waals surface area contributed by atoms with Crippen LogP contribution in [0, 0.1) is 0 Å². The SMILES string of the molecule is O=C(Cn1c(C(F)(F)F)nc2ccccc21)NC1CC1. The number of nitrogens with zero attached hydrogens (tertiary/aromatic N) is 2. The summed E-state index contributed by atoms with van der Waals surface area (Å²) in [6.45, 7) is -0.369. The zero-order valence-electron chi connectivity index (χ0n) is 10.4. The molecule has 1 aromatic carbocycles. The first-order valence-electron chi connectivity index (χ1n) is 6.27. The van der Waals surface area contributed by atoms with Gasteiger partial charge in [-0.25, -0.2) is 4.98 Å². The van der Waals surface area contributed by atoms with Crippen molar-refractivity contribution < 1.29 is 18.0 Å². The molecular formula is C13H12F3N3O. The fourth-order valence-electron chi connectivity index (χ4n) is 2.10. The Bertz CT molecular complexity index is 658. The quantitative estimate of drug-likeness (QED) is 0.939. The zero-order valence-corrected chi connectivity index (χ0v) is 10.4. The van der Waals surface area contributed by atoms with Crippen LogP contribution in [-0.2, 0) is 17.5 Å². The molecule has 106 valence electrons. The Kier molecular flexibility index (Phi) is 2.92. The van der Waals surface area contributed by atoms with Crippen LogP contribution in [0.15, 0.2) is 24.3 Å². The van der Waals surface area contributed by atoms with Crippen LogP contribution in [-0.4, -0.2) is 21.5 Å². The standard InChI is InChI=1S/C13H12F3N3O/c14-13(15,16)12-18-9-3-1-2-4-10(9)19(12)7-11(20)17-8-5-6-8/h1-4,8H,5-7H2,(H,17,20). The molecule has 1 N–H and O–H groups in total. The molecule has 0 radical (unpaired) electrons. The van der Waals surface area contributed by atoms with Gasteiger partial charge in [0.05, 0.1) is 11.0 Å². The number of nitrogens with one attached hydrogen (secondary N) is 1. The normalized spacial score (nSPS) is 15.6. The molecule has 1 amide bonds. The first kappa shape index (κ1) is 13.0. The number of halogens is 3. The number of hydrogen-bond donors (Lipinski definition) is 1. The second-order valence-electron chi connectivity index (χ2n) is 4.85. The van der Waals surface area contributed by atoms with Crippen LogP contribution in [0.2, 0.25) is 0 Å². The number of fused-ring (bicyclic) bond motifs is 1. The summed E-state index contributed by atoms with van der Waals surface area (Å²) >= 11 is 0. The summed E-state index contributed by atoms with van der Waals surface area (Å²) in [5.74, 6) is -1.45. The Morgan fingerprint density at radius 1 is 1.35 bits per heavy atom. The molecule has 1 fully saturated rings. The highest BCUT2D eigenvalue weighted by Crippen LogP contribution is 2.31.